The van der Waals surface area contributed by atoms with E-state index in [0.717, 1.165) is 5.56 Å². The minimum absolute atomic E-state index is 0.382. The molecule has 6 heteroatoms. The number of ether oxygens (including phenoxy) is 1. The lowest BCUT2D eigenvalue weighted by Crippen LogP contribution is -2.48. The third-order valence-corrected chi connectivity index (χ3v) is 3.75. The molecule has 0 spiro atoms. The Morgan fingerprint density at radius 2 is 2.16 bits per heavy atom. The summed E-state index contributed by atoms with van der Waals surface area (Å²) in [5.41, 5.74) is -0.208. The highest BCUT2D eigenvalue weighted by Crippen LogP contribution is 2.37. The summed E-state index contributed by atoms with van der Waals surface area (Å²) < 4.78 is 5.51. The number of halogens is 1. The van der Waals surface area contributed by atoms with E-state index in [9.17, 15) is 9.59 Å². The van der Waals surface area contributed by atoms with Crippen LogP contribution in [0.3, 0.4) is 0 Å². The lowest BCUT2D eigenvalue weighted by molar-refractivity contribution is -0.144. The Morgan fingerprint density at radius 3 is 2.79 bits per heavy atom. The van der Waals surface area contributed by atoms with E-state index < -0.39 is 17.6 Å². The normalized spacial score (nSPS) is 22.3. The maximum atomic E-state index is 12.0. The van der Waals surface area contributed by atoms with Gasteiger partial charge in [-0.1, -0.05) is 11.6 Å². The highest BCUT2D eigenvalue weighted by Gasteiger charge is 2.52. The number of fused-ring (bicyclic) bond motifs is 1. The van der Waals surface area contributed by atoms with Crippen molar-refractivity contribution >= 4 is 23.5 Å². The largest absolute Gasteiger partial charge is 0.480 e. The highest BCUT2D eigenvalue weighted by molar-refractivity contribution is 6.30. The molecule has 5 nitrogen and oxygen atoms in total. The summed E-state index contributed by atoms with van der Waals surface area (Å²) >= 11 is 5.87. The summed E-state index contributed by atoms with van der Waals surface area (Å²) in [6, 6.07) is 5.17. The molecule has 0 radical (unpaired) electrons. The van der Waals surface area contributed by atoms with E-state index >= 15 is 0 Å². The minimum Gasteiger partial charge on any atom is -0.480 e. The van der Waals surface area contributed by atoms with E-state index in [-0.39, 0.29) is 5.91 Å². The van der Waals surface area contributed by atoms with Crippen molar-refractivity contribution in [3.8, 4) is 5.75 Å². The van der Waals surface area contributed by atoms with Gasteiger partial charge in [0.1, 0.15) is 11.3 Å². The van der Waals surface area contributed by atoms with Crippen molar-refractivity contribution in [1.82, 2.24) is 5.32 Å². The molecule has 0 bridgehead atoms. The number of rotatable bonds is 3. The van der Waals surface area contributed by atoms with Gasteiger partial charge < -0.3 is 15.2 Å². The fourth-order valence-electron chi connectivity index (χ4n) is 2.20. The first-order chi connectivity index (χ1) is 9.00. The van der Waals surface area contributed by atoms with Crippen molar-refractivity contribution in [3.63, 3.8) is 0 Å². The molecule has 2 N–H and O–H groups in total. The van der Waals surface area contributed by atoms with Gasteiger partial charge in [-0.15, -0.1) is 0 Å². The molecule has 1 fully saturated rings. The summed E-state index contributed by atoms with van der Waals surface area (Å²) in [7, 11) is 0. The second-order valence-electron chi connectivity index (χ2n) is 4.94. The lowest BCUT2D eigenvalue weighted by atomic mass is 10.1. The molecule has 19 heavy (non-hydrogen) atoms. The Kier molecular flexibility index (Phi) is 2.67. The summed E-state index contributed by atoms with van der Waals surface area (Å²) in [5, 5.41) is 12.2. The minimum atomic E-state index is -1.08. The Morgan fingerprint density at radius 1 is 1.42 bits per heavy atom. The van der Waals surface area contributed by atoms with Crippen LogP contribution in [-0.4, -0.2) is 28.6 Å². The maximum Gasteiger partial charge on any atom is 0.329 e. The van der Waals surface area contributed by atoms with Crippen LogP contribution in [0, 0.1) is 0 Å². The zero-order valence-electron chi connectivity index (χ0n) is 9.98. The predicted octanol–water partition coefficient (Wildman–Crippen LogP) is 1.38. The smallest absolute Gasteiger partial charge is 0.329 e. The van der Waals surface area contributed by atoms with Crippen LogP contribution in [0.4, 0.5) is 0 Å². The fourth-order valence-corrected chi connectivity index (χ4v) is 2.39. The summed E-state index contributed by atoms with van der Waals surface area (Å²) in [6.45, 7) is 0. The van der Waals surface area contributed by atoms with Crippen LogP contribution >= 0.6 is 11.6 Å². The molecule has 0 aromatic heterocycles. The fraction of sp³-hybridized carbons (Fsp3) is 0.385. The van der Waals surface area contributed by atoms with E-state index in [1.165, 1.54) is 0 Å². The Labute approximate surface area is 114 Å². The number of hydrogen-bond donors (Lipinski definition) is 2. The molecule has 1 aliphatic carbocycles. The molecule has 100 valence electrons. The van der Waals surface area contributed by atoms with Crippen molar-refractivity contribution < 1.29 is 19.4 Å². The second-order valence-corrected chi connectivity index (χ2v) is 5.38. The molecule has 1 atom stereocenters. The van der Waals surface area contributed by atoms with Gasteiger partial charge in [-0.25, -0.2) is 4.79 Å². The molecule has 1 saturated carbocycles. The summed E-state index contributed by atoms with van der Waals surface area (Å²) in [6.07, 6.45) is 0.682. The number of hydrogen-bond acceptors (Lipinski definition) is 3. The average molecular weight is 282 g/mol. The Balaban J connectivity index is 1.69. The van der Waals surface area contributed by atoms with E-state index in [2.05, 4.69) is 5.32 Å². The van der Waals surface area contributed by atoms with Gasteiger partial charge in [0.15, 0.2) is 6.10 Å². The van der Waals surface area contributed by atoms with E-state index in [1.807, 2.05) is 0 Å². The summed E-state index contributed by atoms with van der Waals surface area (Å²) in [5.74, 6) is -0.739. The molecule has 1 aromatic rings. The second kappa shape index (κ2) is 4.13. The molecule has 3 rings (SSSR count). The van der Waals surface area contributed by atoms with Gasteiger partial charge in [0.05, 0.1) is 0 Å². The van der Waals surface area contributed by atoms with E-state index in [1.54, 1.807) is 18.2 Å². The van der Waals surface area contributed by atoms with Gasteiger partial charge in [0, 0.05) is 11.4 Å². The molecule has 2 aliphatic rings. The number of aliphatic carboxylic acids is 1. The third-order valence-electron chi connectivity index (χ3n) is 3.51. The molecule has 1 amide bonds. The average Bonchev–Trinajstić information content (AvgIpc) is 3.01. The molecular weight excluding hydrogens is 270 g/mol. The van der Waals surface area contributed by atoms with Gasteiger partial charge in [0.25, 0.3) is 5.91 Å². The summed E-state index contributed by atoms with van der Waals surface area (Å²) in [4.78, 5) is 23.1. The van der Waals surface area contributed by atoms with Crippen LogP contribution in [0.15, 0.2) is 18.2 Å². The van der Waals surface area contributed by atoms with Gasteiger partial charge in [-0.2, -0.15) is 0 Å². The van der Waals surface area contributed by atoms with Crippen LogP contribution in [0.5, 0.6) is 5.75 Å². The van der Waals surface area contributed by atoms with Crippen LogP contribution in [0.25, 0.3) is 0 Å². The van der Waals surface area contributed by atoms with Gasteiger partial charge >= 0.3 is 5.97 Å². The first kappa shape index (κ1) is 12.3. The van der Waals surface area contributed by atoms with Gasteiger partial charge in [-0.3, -0.25) is 4.79 Å². The predicted molar refractivity (Wildman–Crippen MR) is 67.3 cm³/mol. The molecule has 1 aliphatic heterocycles. The molecular formula is C13H12ClNO4. The third kappa shape index (κ3) is 2.14. The standard InChI is InChI=1S/C13H12ClNO4/c14-8-1-2-9-7(5-8)6-10(19-9)11(16)15-13(3-4-13)12(17)18/h1-2,5,10H,3-4,6H2,(H,15,16)(H,17,18)/t10-/m1/s1. The van der Waals surface area contributed by atoms with Crippen molar-refractivity contribution in [2.24, 2.45) is 0 Å². The number of benzene rings is 1. The van der Waals surface area contributed by atoms with Crippen LogP contribution in [0.1, 0.15) is 18.4 Å². The van der Waals surface area contributed by atoms with Gasteiger partial charge in [-0.05, 0) is 36.6 Å². The van der Waals surface area contributed by atoms with Crippen LogP contribution in [0.2, 0.25) is 5.02 Å². The quantitative estimate of drug-likeness (QED) is 0.877. The molecule has 1 heterocycles. The number of amides is 1. The van der Waals surface area contributed by atoms with Gasteiger partial charge in [0.2, 0.25) is 0 Å². The SMILES string of the molecule is O=C(NC1(C(=O)O)CC1)[C@H]1Cc2cc(Cl)ccc2O1. The zero-order chi connectivity index (χ0) is 13.6. The monoisotopic (exact) mass is 281 g/mol. The highest BCUT2D eigenvalue weighted by atomic mass is 35.5. The van der Waals surface area contributed by atoms with E-state index in [0.29, 0.717) is 30.0 Å². The van der Waals surface area contributed by atoms with Crippen LogP contribution in [-0.2, 0) is 16.0 Å². The van der Waals surface area contributed by atoms with Crippen molar-refractivity contribution in [2.45, 2.75) is 30.9 Å². The zero-order valence-corrected chi connectivity index (χ0v) is 10.7. The van der Waals surface area contributed by atoms with Crippen molar-refractivity contribution in [3.05, 3.63) is 28.8 Å². The Bertz CT molecular complexity index is 568. The number of carbonyl (C=O) groups excluding carboxylic acids is 1. The van der Waals surface area contributed by atoms with Crippen molar-refractivity contribution in [1.29, 1.82) is 0 Å². The van der Waals surface area contributed by atoms with Crippen LogP contribution < -0.4 is 10.1 Å². The molecule has 0 unspecified atom stereocenters. The molecule has 0 saturated heterocycles. The topological polar surface area (TPSA) is 75.6 Å². The number of carboxylic acids is 1. The number of carbonyl (C=O) groups is 2. The Hall–Kier alpha value is -1.75. The lowest BCUT2D eigenvalue weighted by Gasteiger charge is -2.16. The first-order valence-corrected chi connectivity index (χ1v) is 6.38. The molecule has 1 aromatic carbocycles. The number of nitrogens with one attached hydrogen (secondary N) is 1. The van der Waals surface area contributed by atoms with E-state index in [4.69, 9.17) is 21.4 Å². The first-order valence-electron chi connectivity index (χ1n) is 6.01. The number of carboxylic acid groups (broad SMARTS) is 1. The van der Waals surface area contributed by atoms with Crippen molar-refractivity contribution in [2.75, 3.05) is 0 Å². The maximum absolute atomic E-state index is 12.0.